The quantitative estimate of drug-likeness (QED) is 0.0161. The molecule has 9 nitrogen and oxygen atoms in total. The third-order valence-corrected chi connectivity index (χ3v) is 8.24. The second-order valence-corrected chi connectivity index (χ2v) is 14.2. The molecule has 1 atom stereocenters. The molecule has 0 amide bonds. The standard InChI is InChI=1S/C45H69O9P/c1-3-5-7-9-11-13-15-17-18-19-20-21-22-24-26-28-30-32-34-38-45(48)54-43(41-53-55(49,50)51)40-52-44(47)39-35-37-42(46)36-33-31-29-27-25-23-16-14-12-10-8-6-4-2/h11-14,17-18,20-21,23-26,29-33,36,43H,3-10,15-16,19,22,27-28,34-35,37-41H2,1-2H3,(H2,49,50,51)/b13-11-,14-12-,18-17-,21-20-,25-23-,26-24-,31-29-,32-30-,36-33+/t43-/m1/s1. The molecule has 55 heavy (non-hydrogen) atoms. The van der Waals surface area contributed by atoms with Gasteiger partial charge >= 0.3 is 19.8 Å². The fraction of sp³-hybridized carbons (Fsp3) is 0.533. The van der Waals surface area contributed by atoms with Crippen molar-refractivity contribution in [3.8, 4) is 0 Å². The van der Waals surface area contributed by atoms with Crippen molar-refractivity contribution in [1.29, 1.82) is 0 Å². The number of unbranched alkanes of at least 4 members (excludes halogenated alkanes) is 6. The maximum atomic E-state index is 12.4. The molecule has 0 aliphatic rings. The SMILES string of the molecule is CCCCC/C=C\C/C=C\C/C=C\C=C\C(=O)CCCC(=O)OC[C@H](COP(=O)(O)O)OC(=O)CC/C=C\C/C=C\C/C=C\C/C=C\C/C=C\CCCCC. The van der Waals surface area contributed by atoms with Gasteiger partial charge in [-0.3, -0.25) is 18.9 Å². The number of hydrogen-bond donors (Lipinski definition) is 2. The van der Waals surface area contributed by atoms with Gasteiger partial charge in [0, 0.05) is 19.3 Å². The molecule has 308 valence electrons. The van der Waals surface area contributed by atoms with Crippen LogP contribution in [0.5, 0.6) is 0 Å². The highest BCUT2D eigenvalue weighted by Gasteiger charge is 2.22. The first-order valence-corrected chi connectivity index (χ1v) is 21.7. The lowest BCUT2D eigenvalue weighted by molar-refractivity contribution is -0.161. The Balaban J connectivity index is 4.30. The van der Waals surface area contributed by atoms with Crippen LogP contribution in [-0.4, -0.2) is 46.8 Å². The highest BCUT2D eigenvalue weighted by atomic mass is 31.2. The largest absolute Gasteiger partial charge is 0.469 e. The van der Waals surface area contributed by atoms with Crippen LogP contribution < -0.4 is 0 Å². The molecule has 0 bridgehead atoms. The van der Waals surface area contributed by atoms with Crippen molar-refractivity contribution in [3.05, 3.63) is 109 Å². The molecule has 0 heterocycles. The molecule has 0 saturated heterocycles. The molecule has 10 heteroatoms. The summed E-state index contributed by atoms with van der Waals surface area (Å²) < 4.78 is 26.1. The zero-order valence-corrected chi connectivity index (χ0v) is 34.4. The smallest absolute Gasteiger partial charge is 0.462 e. The highest BCUT2D eigenvalue weighted by Crippen LogP contribution is 2.35. The maximum Gasteiger partial charge on any atom is 0.469 e. The Morgan fingerprint density at radius 3 is 1.49 bits per heavy atom. The van der Waals surface area contributed by atoms with Crippen LogP contribution in [0.1, 0.15) is 136 Å². The van der Waals surface area contributed by atoms with E-state index in [2.05, 4.69) is 85.2 Å². The summed E-state index contributed by atoms with van der Waals surface area (Å²) in [5.74, 6) is -1.38. The summed E-state index contributed by atoms with van der Waals surface area (Å²) >= 11 is 0. The van der Waals surface area contributed by atoms with Crippen LogP contribution in [0.4, 0.5) is 0 Å². The topological polar surface area (TPSA) is 136 Å². The van der Waals surface area contributed by atoms with Crippen molar-refractivity contribution < 1.29 is 42.7 Å². The lowest BCUT2D eigenvalue weighted by Crippen LogP contribution is -2.29. The Morgan fingerprint density at radius 1 is 0.527 bits per heavy atom. The first-order chi connectivity index (χ1) is 26.7. The van der Waals surface area contributed by atoms with Crippen LogP contribution in [0.3, 0.4) is 0 Å². The zero-order chi connectivity index (χ0) is 40.5. The van der Waals surface area contributed by atoms with Crippen molar-refractivity contribution in [2.45, 2.75) is 142 Å². The molecular weight excluding hydrogens is 715 g/mol. The number of allylic oxidation sites excluding steroid dienone is 18. The van der Waals surface area contributed by atoms with Crippen LogP contribution in [0, 0.1) is 0 Å². The molecule has 0 radical (unpaired) electrons. The number of ether oxygens (including phenoxy) is 2. The van der Waals surface area contributed by atoms with Gasteiger partial charge < -0.3 is 19.3 Å². The van der Waals surface area contributed by atoms with Crippen LogP contribution in [0.15, 0.2) is 109 Å². The van der Waals surface area contributed by atoms with Gasteiger partial charge in [-0.05, 0) is 83.1 Å². The lowest BCUT2D eigenvalue weighted by Gasteiger charge is -2.18. The summed E-state index contributed by atoms with van der Waals surface area (Å²) in [4.78, 5) is 54.8. The van der Waals surface area contributed by atoms with Gasteiger partial charge in [0.15, 0.2) is 11.9 Å². The number of ketones is 1. The molecule has 2 N–H and O–H groups in total. The fourth-order valence-corrected chi connectivity index (χ4v) is 5.08. The first kappa shape index (κ1) is 51.4. The number of carbonyl (C=O) groups excluding carboxylic acids is 3. The van der Waals surface area contributed by atoms with Gasteiger partial charge in [-0.15, -0.1) is 0 Å². The predicted molar refractivity (Wildman–Crippen MR) is 225 cm³/mol. The number of hydrogen-bond acceptors (Lipinski definition) is 7. The van der Waals surface area contributed by atoms with E-state index in [0.29, 0.717) is 6.42 Å². The minimum absolute atomic E-state index is 0.0316. The Kier molecular flexibility index (Phi) is 36.1. The third kappa shape index (κ3) is 41.4. The molecule has 0 unspecified atom stereocenters. The zero-order valence-electron chi connectivity index (χ0n) is 33.5. The third-order valence-electron chi connectivity index (χ3n) is 7.75. The average molecular weight is 785 g/mol. The monoisotopic (exact) mass is 784 g/mol. The molecule has 0 saturated carbocycles. The van der Waals surface area contributed by atoms with E-state index in [9.17, 15) is 18.9 Å². The van der Waals surface area contributed by atoms with Crippen molar-refractivity contribution in [2.24, 2.45) is 0 Å². The second kappa shape index (κ2) is 38.6. The molecule has 0 aliphatic carbocycles. The normalized spacial score (nSPS) is 13.5. The second-order valence-electron chi connectivity index (χ2n) is 12.9. The molecule has 0 aromatic rings. The van der Waals surface area contributed by atoms with Crippen LogP contribution >= 0.6 is 7.82 Å². The molecule has 0 aromatic carbocycles. The molecule has 0 spiro atoms. The van der Waals surface area contributed by atoms with Crippen molar-refractivity contribution in [1.82, 2.24) is 0 Å². The Hall–Kier alpha value is -3.62. The van der Waals surface area contributed by atoms with E-state index in [1.807, 2.05) is 30.4 Å². The molecule has 0 aliphatic heterocycles. The van der Waals surface area contributed by atoms with Crippen LogP contribution in [0.25, 0.3) is 0 Å². The summed E-state index contributed by atoms with van der Waals surface area (Å²) in [5, 5.41) is 0. The minimum Gasteiger partial charge on any atom is -0.462 e. The number of carbonyl (C=O) groups is 3. The molecule has 0 fully saturated rings. The van der Waals surface area contributed by atoms with E-state index >= 15 is 0 Å². The van der Waals surface area contributed by atoms with Crippen LogP contribution in [-0.2, 0) is 32.9 Å². The van der Waals surface area contributed by atoms with E-state index < -0.39 is 39.1 Å². The van der Waals surface area contributed by atoms with Crippen LogP contribution in [0.2, 0.25) is 0 Å². The average Bonchev–Trinajstić information content (AvgIpc) is 3.15. The number of phosphoric acid groups is 1. The van der Waals surface area contributed by atoms with Gasteiger partial charge in [-0.2, -0.15) is 0 Å². The fourth-order valence-electron chi connectivity index (χ4n) is 4.72. The lowest BCUT2D eigenvalue weighted by atomic mass is 10.1. The summed E-state index contributed by atoms with van der Waals surface area (Å²) in [7, 11) is -4.84. The van der Waals surface area contributed by atoms with Gasteiger partial charge in [0.1, 0.15) is 6.61 Å². The molecule has 0 aromatic heterocycles. The molecular formula is C45H69O9P. The summed E-state index contributed by atoms with van der Waals surface area (Å²) in [6.45, 7) is 3.33. The van der Waals surface area contributed by atoms with E-state index in [-0.39, 0.29) is 31.5 Å². The van der Waals surface area contributed by atoms with Gasteiger partial charge in [-0.25, -0.2) is 4.57 Å². The first-order valence-electron chi connectivity index (χ1n) is 20.1. The van der Waals surface area contributed by atoms with Gasteiger partial charge in [0.25, 0.3) is 0 Å². The number of phosphoric ester groups is 1. The van der Waals surface area contributed by atoms with Crippen molar-refractivity contribution in [2.75, 3.05) is 13.2 Å². The summed E-state index contributed by atoms with van der Waals surface area (Å²) in [5.41, 5.74) is 0. The van der Waals surface area contributed by atoms with Gasteiger partial charge in [0.2, 0.25) is 0 Å². The van der Waals surface area contributed by atoms with E-state index in [4.69, 9.17) is 19.3 Å². The van der Waals surface area contributed by atoms with Crippen molar-refractivity contribution >= 4 is 25.5 Å². The van der Waals surface area contributed by atoms with E-state index in [1.54, 1.807) is 6.08 Å². The number of rotatable bonds is 35. The predicted octanol–water partition coefficient (Wildman–Crippen LogP) is 11.6. The van der Waals surface area contributed by atoms with Crippen molar-refractivity contribution in [3.63, 3.8) is 0 Å². The van der Waals surface area contributed by atoms with E-state index in [0.717, 1.165) is 51.4 Å². The Bertz CT molecular complexity index is 1310. The Labute approximate surface area is 332 Å². The number of esters is 2. The Morgan fingerprint density at radius 2 is 1.00 bits per heavy atom. The van der Waals surface area contributed by atoms with E-state index in [1.165, 1.54) is 44.6 Å². The maximum absolute atomic E-state index is 12.4. The summed E-state index contributed by atoms with van der Waals surface area (Å²) in [6, 6.07) is 0. The molecule has 0 rings (SSSR count). The summed E-state index contributed by atoms with van der Waals surface area (Å²) in [6.07, 6.45) is 51.1. The minimum atomic E-state index is -4.84. The highest BCUT2D eigenvalue weighted by molar-refractivity contribution is 7.46. The van der Waals surface area contributed by atoms with Gasteiger partial charge in [0.05, 0.1) is 6.61 Å². The van der Waals surface area contributed by atoms with Gasteiger partial charge in [-0.1, -0.05) is 143 Å².